The number of rotatable bonds is 6. The van der Waals surface area contributed by atoms with Gasteiger partial charge in [0, 0.05) is 5.88 Å². The van der Waals surface area contributed by atoms with Crippen LogP contribution >= 0.6 is 11.6 Å². The molecule has 0 amide bonds. The third kappa shape index (κ3) is 3.80. The second kappa shape index (κ2) is 6.26. The van der Waals surface area contributed by atoms with Crippen molar-refractivity contribution in [3.8, 4) is 0 Å². The average molecular weight is 261 g/mol. The summed E-state index contributed by atoms with van der Waals surface area (Å²) in [6, 6.07) is 7.15. The Bertz CT molecular complexity index is 409. The molecular formula is C12H17ClO2S. The fourth-order valence-corrected chi connectivity index (χ4v) is 3.12. The van der Waals surface area contributed by atoms with E-state index in [-0.39, 0.29) is 5.75 Å². The van der Waals surface area contributed by atoms with Gasteiger partial charge < -0.3 is 0 Å². The van der Waals surface area contributed by atoms with Crippen LogP contribution in [-0.2, 0) is 16.3 Å². The van der Waals surface area contributed by atoms with Gasteiger partial charge in [-0.3, -0.25) is 0 Å². The van der Waals surface area contributed by atoms with E-state index in [0.29, 0.717) is 17.2 Å². The van der Waals surface area contributed by atoms with E-state index in [1.54, 1.807) is 12.1 Å². The number of hydrogen-bond donors (Lipinski definition) is 0. The highest BCUT2D eigenvalue weighted by molar-refractivity contribution is 7.91. The maximum Gasteiger partial charge on any atom is 0.178 e. The van der Waals surface area contributed by atoms with Crippen molar-refractivity contribution in [2.45, 2.75) is 31.1 Å². The van der Waals surface area contributed by atoms with Crippen LogP contribution in [0.5, 0.6) is 0 Å². The van der Waals surface area contributed by atoms with Crippen molar-refractivity contribution in [1.29, 1.82) is 0 Å². The smallest absolute Gasteiger partial charge is 0.178 e. The van der Waals surface area contributed by atoms with Gasteiger partial charge in [-0.15, -0.1) is 11.6 Å². The summed E-state index contributed by atoms with van der Waals surface area (Å²) in [4.78, 5) is 0.400. The molecule has 0 atom stereocenters. The first-order valence-corrected chi connectivity index (χ1v) is 7.66. The Morgan fingerprint density at radius 2 is 1.81 bits per heavy atom. The van der Waals surface area contributed by atoms with E-state index in [0.717, 1.165) is 12.8 Å². The third-order valence-corrected chi connectivity index (χ3v) is 4.45. The lowest BCUT2D eigenvalue weighted by molar-refractivity contribution is 0.595. The summed E-state index contributed by atoms with van der Waals surface area (Å²) in [7, 11) is -3.14. The second-order valence-electron chi connectivity index (χ2n) is 3.76. The van der Waals surface area contributed by atoms with E-state index in [4.69, 9.17) is 11.6 Å². The normalized spacial score (nSPS) is 11.6. The molecule has 1 aromatic carbocycles. The molecule has 0 aliphatic rings. The maximum atomic E-state index is 11.8. The third-order valence-electron chi connectivity index (χ3n) is 2.37. The molecule has 0 bridgehead atoms. The number of benzene rings is 1. The van der Waals surface area contributed by atoms with Crippen LogP contribution in [0, 0.1) is 0 Å². The number of hydrogen-bond acceptors (Lipinski definition) is 2. The van der Waals surface area contributed by atoms with E-state index in [1.807, 2.05) is 12.1 Å². The van der Waals surface area contributed by atoms with Gasteiger partial charge in [-0.25, -0.2) is 8.42 Å². The van der Waals surface area contributed by atoms with Crippen LogP contribution in [0.1, 0.15) is 25.3 Å². The summed E-state index contributed by atoms with van der Waals surface area (Å²) in [6.07, 6.45) is 2.56. The van der Waals surface area contributed by atoms with Crippen LogP contribution in [0.4, 0.5) is 0 Å². The Morgan fingerprint density at radius 3 is 2.31 bits per heavy atom. The van der Waals surface area contributed by atoms with Crippen molar-refractivity contribution in [1.82, 2.24) is 0 Å². The Kier molecular flexibility index (Phi) is 5.29. The predicted molar refractivity (Wildman–Crippen MR) is 67.8 cm³/mol. The first-order chi connectivity index (χ1) is 7.60. The first-order valence-electron chi connectivity index (χ1n) is 5.48. The SMILES string of the molecule is CCCc1ccc(S(=O)(=O)CCCCl)cc1. The minimum atomic E-state index is -3.14. The van der Waals surface area contributed by atoms with Gasteiger partial charge in [0.15, 0.2) is 9.84 Å². The topological polar surface area (TPSA) is 34.1 Å². The molecule has 0 N–H and O–H groups in total. The van der Waals surface area contributed by atoms with Crippen LogP contribution in [0.25, 0.3) is 0 Å². The van der Waals surface area contributed by atoms with E-state index < -0.39 is 9.84 Å². The van der Waals surface area contributed by atoms with Crippen molar-refractivity contribution in [3.63, 3.8) is 0 Å². The van der Waals surface area contributed by atoms with Crippen molar-refractivity contribution >= 4 is 21.4 Å². The molecule has 0 aromatic heterocycles. The van der Waals surface area contributed by atoms with Crippen LogP contribution in [-0.4, -0.2) is 20.1 Å². The summed E-state index contributed by atoms with van der Waals surface area (Å²) in [6.45, 7) is 2.10. The van der Waals surface area contributed by atoms with Gasteiger partial charge in [-0.2, -0.15) is 0 Å². The van der Waals surface area contributed by atoms with Gasteiger partial charge >= 0.3 is 0 Å². The summed E-state index contributed by atoms with van der Waals surface area (Å²) >= 11 is 5.50. The van der Waals surface area contributed by atoms with E-state index in [2.05, 4.69) is 6.92 Å². The van der Waals surface area contributed by atoms with Crippen molar-refractivity contribution in [2.75, 3.05) is 11.6 Å². The summed E-state index contributed by atoms with van der Waals surface area (Å²) < 4.78 is 23.6. The minimum Gasteiger partial charge on any atom is -0.224 e. The van der Waals surface area contributed by atoms with Crippen molar-refractivity contribution in [3.05, 3.63) is 29.8 Å². The number of sulfone groups is 1. The molecule has 4 heteroatoms. The van der Waals surface area contributed by atoms with Gasteiger partial charge in [0.1, 0.15) is 0 Å². The lowest BCUT2D eigenvalue weighted by atomic mass is 10.1. The van der Waals surface area contributed by atoms with E-state index in [9.17, 15) is 8.42 Å². The molecule has 0 fully saturated rings. The summed E-state index contributed by atoms with van der Waals surface area (Å²) in [5.74, 6) is 0.511. The monoisotopic (exact) mass is 260 g/mol. The van der Waals surface area contributed by atoms with Crippen molar-refractivity contribution < 1.29 is 8.42 Å². The molecular weight excluding hydrogens is 244 g/mol. The molecule has 1 rings (SSSR count). The molecule has 0 spiro atoms. The number of aryl methyl sites for hydroxylation is 1. The molecule has 90 valence electrons. The largest absolute Gasteiger partial charge is 0.224 e. The van der Waals surface area contributed by atoms with Gasteiger partial charge in [0.2, 0.25) is 0 Å². The number of alkyl halides is 1. The summed E-state index contributed by atoms with van der Waals surface area (Å²) in [5.41, 5.74) is 1.18. The van der Waals surface area contributed by atoms with E-state index in [1.165, 1.54) is 5.56 Å². The van der Waals surface area contributed by atoms with Crippen molar-refractivity contribution in [2.24, 2.45) is 0 Å². The molecule has 0 aliphatic carbocycles. The molecule has 0 unspecified atom stereocenters. The lowest BCUT2D eigenvalue weighted by Crippen LogP contribution is -2.07. The highest BCUT2D eigenvalue weighted by atomic mass is 35.5. The lowest BCUT2D eigenvalue weighted by Gasteiger charge is -2.04. The molecule has 0 radical (unpaired) electrons. The highest BCUT2D eigenvalue weighted by Crippen LogP contribution is 2.14. The summed E-state index contributed by atoms with van der Waals surface area (Å²) in [5, 5.41) is 0. The highest BCUT2D eigenvalue weighted by Gasteiger charge is 2.13. The first kappa shape index (κ1) is 13.5. The molecule has 1 aromatic rings. The molecule has 0 saturated carbocycles. The zero-order chi connectivity index (χ0) is 12.0. The fraction of sp³-hybridized carbons (Fsp3) is 0.500. The zero-order valence-electron chi connectivity index (χ0n) is 9.45. The standard InChI is InChI=1S/C12H17ClO2S/c1-2-4-11-5-7-12(8-6-11)16(14,15)10-3-9-13/h5-8H,2-4,9-10H2,1H3. The number of halogens is 1. The van der Waals surface area contributed by atoms with Gasteiger partial charge in [0.05, 0.1) is 10.6 Å². The van der Waals surface area contributed by atoms with E-state index >= 15 is 0 Å². The van der Waals surface area contributed by atoms with Gasteiger partial charge in [0.25, 0.3) is 0 Å². The molecule has 0 aliphatic heterocycles. The van der Waals surface area contributed by atoms with Crippen LogP contribution in [0.2, 0.25) is 0 Å². The van der Waals surface area contributed by atoms with Crippen LogP contribution in [0.15, 0.2) is 29.2 Å². The quantitative estimate of drug-likeness (QED) is 0.737. The predicted octanol–water partition coefficient (Wildman–Crippen LogP) is 3.04. The van der Waals surface area contributed by atoms with Crippen LogP contribution < -0.4 is 0 Å². The van der Waals surface area contributed by atoms with Gasteiger partial charge in [-0.1, -0.05) is 25.5 Å². The molecule has 16 heavy (non-hydrogen) atoms. The Morgan fingerprint density at radius 1 is 1.19 bits per heavy atom. The van der Waals surface area contributed by atoms with Gasteiger partial charge in [-0.05, 0) is 30.5 Å². The second-order valence-corrected chi connectivity index (χ2v) is 6.24. The molecule has 0 heterocycles. The fourth-order valence-electron chi connectivity index (χ4n) is 1.51. The zero-order valence-corrected chi connectivity index (χ0v) is 11.0. The van der Waals surface area contributed by atoms with Crippen LogP contribution in [0.3, 0.4) is 0 Å². The Balaban J connectivity index is 2.80. The molecule has 0 saturated heterocycles. The average Bonchev–Trinajstić information content (AvgIpc) is 2.28. The molecule has 2 nitrogen and oxygen atoms in total. The Hall–Kier alpha value is -0.540. The maximum absolute atomic E-state index is 11.8. The minimum absolute atomic E-state index is 0.129. The Labute approximate surface area is 103 Å².